The van der Waals surface area contributed by atoms with E-state index in [0.29, 0.717) is 5.78 Å². The van der Waals surface area contributed by atoms with E-state index in [1.807, 2.05) is 18.2 Å². The number of carbonyl (C=O) groups is 1. The van der Waals surface area contributed by atoms with Crippen molar-refractivity contribution >= 4 is 5.78 Å². The summed E-state index contributed by atoms with van der Waals surface area (Å²) in [6.07, 6.45) is 2.07. The molecule has 0 heterocycles. The highest BCUT2D eigenvalue weighted by atomic mass is 16.1. The van der Waals surface area contributed by atoms with Crippen molar-refractivity contribution in [1.29, 1.82) is 0 Å². The van der Waals surface area contributed by atoms with Gasteiger partial charge in [0.25, 0.3) is 0 Å². The molecule has 0 amide bonds. The summed E-state index contributed by atoms with van der Waals surface area (Å²) in [6, 6.07) is 10.1. The fourth-order valence-corrected chi connectivity index (χ4v) is 1.73. The second-order valence-electron chi connectivity index (χ2n) is 3.50. The van der Waals surface area contributed by atoms with Crippen LogP contribution in [0.3, 0.4) is 0 Å². The molecule has 1 aliphatic rings. The molecule has 62 valence electrons. The average molecular weight is 160 g/mol. The average Bonchev–Trinajstić information content (AvgIpc) is 2.86. The van der Waals surface area contributed by atoms with Gasteiger partial charge in [0.15, 0.2) is 0 Å². The third kappa shape index (κ3) is 0.970. The van der Waals surface area contributed by atoms with Gasteiger partial charge in [0, 0.05) is 0 Å². The summed E-state index contributed by atoms with van der Waals surface area (Å²) in [7, 11) is 0. The molecule has 0 radical (unpaired) electrons. The molecule has 0 atom stereocenters. The van der Waals surface area contributed by atoms with Gasteiger partial charge >= 0.3 is 0 Å². The largest absolute Gasteiger partial charge is 0.299 e. The molecule has 1 heteroatoms. The van der Waals surface area contributed by atoms with Gasteiger partial charge in [-0.15, -0.1) is 0 Å². The van der Waals surface area contributed by atoms with Crippen LogP contribution in [-0.4, -0.2) is 5.78 Å². The van der Waals surface area contributed by atoms with Gasteiger partial charge in [-0.3, -0.25) is 4.79 Å². The van der Waals surface area contributed by atoms with Gasteiger partial charge in [0.05, 0.1) is 5.41 Å². The molecule has 1 nitrogen and oxygen atoms in total. The number of hydrogen-bond acceptors (Lipinski definition) is 1. The molecule has 0 bridgehead atoms. The summed E-state index contributed by atoms with van der Waals surface area (Å²) < 4.78 is 0. The molecular formula is C11H12O. The monoisotopic (exact) mass is 160 g/mol. The van der Waals surface area contributed by atoms with E-state index in [1.165, 1.54) is 5.56 Å². The number of ketones is 1. The minimum Gasteiger partial charge on any atom is -0.299 e. The van der Waals surface area contributed by atoms with Crippen molar-refractivity contribution in [3.05, 3.63) is 35.9 Å². The normalized spacial score (nSPS) is 18.8. The molecule has 1 aliphatic carbocycles. The van der Waals surface area contributed by atoms with Crippen LogP contribution >= 0.6 is 0 Å². The summed E-state index contributed by atoms with van der Waals surface area (Å²) in [5.74, 6) is 0.314. The number of carbonyl (C=O) groups excluding carboxylic acids is 1. The molecule has 1 aromatic rings. The van der Waals surface area contributed by atoms with E-state index >= 15 is 0 Å². The lowest BCUT2D eigenvalue weighted by molar-refractivity contribution is -0.119. The number of Topliss-reactive ketones (excluding diaryl/α,β-unsaturated/α-hetero) is 1. The van der Waals surface area contributed by atoms with Crippen LogP contribution < -0.4 is 0 Å². The van der Waals surface area contributed by atoms with E-state index in [-0.39, 0.29) is 5.41 Å². The highest BCUT2D eigenvalue weighted by Crippen LogP contribution is 2.48. The van der Waals surface area contributed by atoms with Gasteiger partial charge < -0.3 is 0 Å². The molecule has 0 aliphatic heterocycles. The quantitative estimate of drug-likeness (QED) is 0.648. The molecule has 1 aromatic carbocycles. The van der Waals surface area contributed by atoms with Crippen molar-refractivity contribution in [2.24, 2.45) is 0 Å². The maximum Gasteiger partial charge on any atom is 0.140 e. The first-order valence-electron chi connectivity index (χ1n) is 4.32. The number of benzene rings is 1. The fraction of sp³-hybridized carbons (Fsp3) is 0.364. The zero-order valence-electron chi connectivity index (χ0n) is 7.21. The SMILES string of the molecule is CC(=O)C1(c2ccccc2)CC1. The van der Waals surface area contributed by atoms with Crippen LogP contribution in [-0.2, 0) is 10.2 Å². The second-order valence-corrected chi connectivity index (χ2v) is 3.50. The van der Waals surface area contributed by atoms with Crippen LogP contribution in [0.15, 0.2) is 30.3 Å². The van der Waals surface area contributed by atoms with E-state index in [0.717, 1.165) is 12.8 Å². The van der Waals surface area contributed by atoms with Crippen LogP contribution in [0, 0.1) is 0 Å². The minimum absolute atomic E-state index is 0.0960. The topological polar surface area (TPSA) is 17.1 Å². The van der Waals surface area contributed by atoms with E-state index in [2.05, 4.69) is 12.1 Å². The third-order valence-electron chi connectivity index (χ3n) is 2.75. The lowest BCUT2D eigenvalue weighted by atomic mass is 9.92. The molecule has 1 fully saturated rings. The predicted molar refractivity (Wildman–Crippen MR) is 48.0 cm³/mol. The van der Waals surface area contributed by atoms with Crippen molar-refractivity contribution in [1.82, 2.24) is 0 Å². The van der Waals surface area contributed by atoms with Crippen molar-refractivity contribution in [2.45, 2.75) is 25.2 Å². The van der Waals surface area contributed by atoms with Crippen LogP contribution in [0.25, 0.3) is 0 Å². The standard InChI is InChI=1S/C11H12O/c1-9(12)11(7-8-11)10-5-3-2-4-6-10/h2-6H,7-8H2,1H3. The molecule has 0 spiro atoms. The molecule has 0 saturated heterocycles. The summed E-state index contributed by atoms with van der Waals surface area (Å²) in [6.45, 7) is 1.69. The first-order valence-corrected chi connectivity index (χ1v) is 4.32. The summed E-state index contributed by atoms with van der Waals surface area (Å²) in [4.78, 5) is 11.3. The second kappa shape index (κ2) is 2.44. The zero-order valence-corrected chi connectivity index (χ0v) is 7.21. The first-order chi connectivity index (χ1) is 5.76. The molecule has 12 heavy (non-hydrogen) atoms. The Morgan fingerprint density at radius 2 is 1.83 bits per heavy atom. The molecule has 0 N–H and O–H groups in total. The Morgan fingerprint density at radius 1 is 1.25 bits per heavy atom. The lowest BCUT2D eigenvalue weighted by Crippen LogP contribution is -2.16. The molecular weight excluding hydrogens is 148 g/mol. The minimum atomic E-state index is -0.0960. The Morgan fingerprint density at radius 3 is 2.25 bits per heavy atom. The zero-order chi connectivity index (χ0) is 8.60. The Bertz CT molecular complexity index is 296. The number of hydrogen-bond donors (Lipinski definition) is 0. The van der Waals surface area contributed by atoms with Crippen LogP contribution in [0.1, 0.15) is 25.3 Å². The molecule has 1 saturated carbocycles. The van der Waals surface area contributed by atoms with Gasteiger partial charge in [0.1, 0.15) is 5.78 Å². The predicted octanol–water partition coefficient (Wildman–Crippen LogP) is 2.31. The first kappa shape index (κ1) is 7.53. The van der Waals surface area contributed by atoms with Crippen molar-refractivity contribution in [3.8, 4) is 0 Å². The smallest absolute Gasteiger partial charge is 0.140 e. The van der Waals surface area contributed by atoms with Gasteiger partial charge in [0.2, 0.25) is 0 Å². The fourth-order valence-electron chi connectivity index (χ4n) is 1.73. The van der Waals surface area contributed by atoms with E-state index in [9.17, 15) is 4.79 Å². The van der Waals surface area contributed by atoms with Crippen molar-refractivity contribution < 1.29 is 4.79 Å². The Hall–Kier alpha value is -1.11. The van der Waals surface area contributed by atoms with Crippen LogP contribution in [0.2, 0.25) is 0 Å². The lowest BCUT2D eigenvalue weighted by Gasteiger charge is -2.10. The Balaban J connectivity index is 2.37. The maximum absolute atomic E-state index is 11.3. The van der Waals surface area contributed by atoms with Crippen molar-refractivity contribution in [3.63, 3.8) is 0 Å². The summed E-state index contributed by atoms with van der Waals surface area (Å²) in [5.41, 5.74) is 1.10. The van der Waals surface area contributed by atoms with Gasteiger partial charge in [-0.05, 0) is 25.3 Å². The summed E-state index contributed by atoms with van der Waals surface area (Å²) in [5, 5.41) is 0. The van der Waals surface area contributed by atoms with E-state index in [1.54, 1.807) is 6.92 Å². The highest BCUT2D eigenvalue weighted by Gasteiger charge is 2.48. The maximum atomic E-state index is 11.3. The van der Waals surface area contributed by atoms with Crippen LogP contribution in [0.4, 0.5) is 0 Å². The van der Waals surface area contributed by atoms with Crippen molar-refractivity contribution in [2.75, 3.05) is 0 Å². The number of rotatable bonds is 2. The molecule has 2 rings (SSSR count). The summed E-state index contributed by atoms with van der Waals surface area (Å²) >= 11 is 0. The molecule has 0 unspecified atom stereocenters. The van der Waals surface area contributed by atoms with Gasteiger partial charge in [-0.25, -0.2) is 0 Å². The van der Waals surface area contributed by atoms with E-state index in [4.69, 9.17) is 0 Å². The van der Waals surface area contributed by atoms with Crippen LogP contribution in [0.5, 0.6) is 0 Å². The Kier molecular flexibility index (Phi) is 1.53. The molecule has 0 aromatic heterocycles. The van der Waals surface area contributed by atoms with Gasteiger partial charge in [-0.2, -0.15) is 0 Å². The highest BCUT2D eigenvalue weighted by molar-refractivity contribution is 5.91. The van der Waals surface area contributed by atoms with E-state index < -0.39 is 0 Å². The van der Waals surface area contributed by atoms with Gasteiger partial charge in [-0.1, -0.05) is 30.3 Å². The Labute approximate surface area is 72.4 Å². The third-order valence-corrected chi connectivity index (χ3v) is 2.75.